The zero-order valence-electron chi connectivity index (χ0n) is 19.2. The summed E-state index contributed by atoms with van der Waals surface area (Å²) in [7, 11) is 0. The third-order valence-electron chi connectivity index (χ3n) is 5.51. The molecule has 8 nitrogen and oxygen atoms in total. The molecule has 1 saturated heterocycles. The summed E-state index contributed by atoms with van der Waals surface area (Å²) in [6, 6.07) is 16.7. The highest BCUT2D eigenvalue weighted by molar-refractivity contribution is 5.95. The molecule has 0 spiro atoms. The van der Waals surface area contributed by atoms with E-state index in [4.69, 9.17) is 4.99 Å². The minimum Gasteiger partial charge on any atom is -0.478 e. The SMILES string of the molecule is CCCCNC(=O)CN1CCN(C(=NCc2ccccc2)Nc2cccc(C(=O)O)c2)CC1. The van der Waals surface area contributed by atoms with E-state index in [0.717, 1.165) is 51.1 Å². The van der Waals surface area contributed by atoms with Gasteiger partial charge in [-0.25, -0.2) is 9.79 Å². The summed E-state index contributed by atoms with van der Waals surface area (Å²) >= 11 is 0. The van der Waals surface area contributed by atoms with E-state index in [1.54, 1.807) is 18.2 Å². The van der Waals surface area contributed by atoms with Crippen LogP contribution in [0.15, 0.2) is 59.6 Å². The fraction of sp³-hybridized carbons (Fsp3) is 0.400. The van der Waals surface area contributed by atoms with Crippen molar-refractivity contribution in [2.75, 3.05) is 44.6 Å². The summed E-state index contributed by atoms with van der Waals surface area (Å²) in [5.74, 6) is -0.195. The summed E-state index contributed by atoms with van der Waals surface area (Å²) in [6.07, 6.45) is 2.06. The zero-order chi connectivity index (χ0) is 23.5. The Bertz CT molecular complexity index is 940. The number of aliphatic imine (C=N–C) groups is 1. The van der Waals surface area contributed by atoms with Crippen molar-refractivity contribution in [3.05, 3.63) is 65.7 Å². The number of carboxylic acid groups (broad SMARTS) is 1. The highest BCUT2D eigenvalue weighted by Gasteiger charge is 2.21. The van der Waals surface area contributed by atoms with E-state index in [0.29, 0.717) is 24.7 Å². The number of benzene rings is 2. The van der Waals surface area contributed by atoms with Crippen molar-refractivity contribution >= 4 is 23.5 Å². The lowest BCUT2D eigenvalue weighted by Gasteiger charge is -2.36. The van der Waals surface area contributed by atoms with Crippen LogP contribution in [0.2, 0.25) is 0 Å². The number of guanidine groups is 1. The van der Waals surface area contributed by atoms with Crippen molar-refractivity contribution < 1.29 is 14.7 Å². The number of piperazine rings is 1. The molecule has 2 aromatic carbocycles. The van der Waals surface area contributed by atoms with Gasteiger partial charge in [-0.2, -0.15) is 0 Å². The van der Waals surface area contributed by atoms with E-state index in [1.807, 2.05) is 36.4 Å². The van der Waals surface area contributed by atoms with Crippen molar-refractivity contribution in [3.63, 3.8) is 0 Å². The number of hydrogen-bond acceptors (Lipinski definition) is 4. The number of nitrogens with zero attached hydrogens (tertiary/aromatic N) is 3. The Balaban J connectivity index is 1.65. The molecule has 1 amide bonds. The van der Waals surface area contributed by atoms with Gasteiger partial charge in [0.05, 0.1) is 18.7 Å². The zero-order valence-corrected chi connectivity index (χ0v) is 19.2. The average Bonchev–Trinajstić information content (AvgIpc) is 2.83. The number of carboxylic acids is 1. The predicted octanol–water partition coefficient (Wildman–Crippen LogP) is 2.89. The Morgan fingerprint density at radius 2 is 1.79 bits per heavy atom. The van der Waals surface area contributed by atoms with Crippen LogP contribution in [0.4, 0.5) is 5.69 Å². The van der Waals surface area contributed by atoms with Crippen molar-refractivity contribution in [2.45, 2.75) is 26.3 Å². The molecule has 33 heavy (non-hydrogen) atoms. The van der Waals surface area contributed by atoms with Crippen molar-refractivity contribution in [1.29, 1.82) is 0 Å². The molecule has 1 aliphatic rings. The summed E-state index contributed by atoms with van der Waals surface area (Å²) in [5, 5.41) is 15.6. The molecule has 0 saturated carbocycles. The Labute approximate surface area is 195 Å². The van der Waals surface area contributed by atoms with Crippen LogP contribution in [0.3, 0.4) is 0 Å². The Hall–Kier alpha value is -3.39. The monoisotopic (exact) mass is 451 g/mol. The van der Waals surface area contributed by atoms with Gasteiger partial charge in [0, 0.05) is 38.4 Å². The van der Waals surface area contributed by atoms with Gasteiger partial charge in [0.15, 0.2) is 5.96 Å². The smallest absolute Gasteiger partial charge is 0.335 e. The highest BCUT2D eigenvalue weighted by Crippen LogP contribution is 2.14. The van der Waals surface area contributed by atoms with Crippen LogP contribution in [0.5, 0.6) is 0 Å². The molecule has 2 aromatic rings. The molecule has 8 heteroatoms. The molecular formula is C25H33N5O3. The first kappa shape index (κ1) is 24.3. The minimum absolute atomic E-state index is 0.0680. The van der Waals surface area contributed by atoms with E-state index in [1.165, 1.54) is 0 Å². The molecule has 0 aliphatic carbocycles. The molecule has 3 N–H and O–H groups in total. The van der Waals surface area contributed by atoms with Crippen LogP contribution >= 0.6 is 0 Å². The number of rotatable bonds is 9. The van der Waals surface area contributed by atoms with E-state index in [9.17, 15) is 14.7 Å². The van der Waals surface area contributed by atoms with Crippen LogP contribution in [-0.2, 0) is 11.3 Å². The third kappa shape index (κ3) is 7.91. The van der Waals surface area contributed by atoms with E-state index >= 15 is 0 Å². The topological polar surface area (TPSA) is 97.3 Å². The number of carbonyl (C=O) groups is 2. The molecule has 0 unspecified atom stereocenters. The van der Waals surface area contributed by atoms with Crippen LogP contribution in [0, 0.1) is 0 Å². The van der Waals surface area contributed by atoms with Crippen molar-refractivity contribution in [3.8, 4) is 0 Å². The first-order chi connectivity index (χ1) is 16.0. The summed E-state index contributed by atoms with van der Waals surface area (Å²) < 4.78 is 0. The maximum absolute atomic E-state index is 12.1. The molecule has 3 rings (SSSR count). The molecule has 0 radical (unpaired) electrons. The van der Waals surface area contributed by atoms with Crippen molar-refractivity contribution in [2.24, 2.45) is 4.99 Å². The number of nitrogens with one attached hydrogen (secondary N) is 2. The van der Waals surface area contributed by atoms with Gasteiger partial charge in [0.2, 0.25) is 5.91 Å². The first-order valence-electron chi connectivity index (χ1n) is 11.5. The number of aromatic carboxylic acids is 1. The molecule has 0 aromatic heterocycles. The molecule has 1 heterocycles. The second-order valence-corrected chi connectivity index (χ2v) is 8.10. The summed E-state index contributed by atoms with van der Waals surface area (Å²) in [6.45, 7) is 6.71. The standard InChI is InChI=1S/C25H33N5O3/c1-2-3-12-26-23(31)19-29-13-15-30(16-14-29)25(27-18-20-8-5-4-6-9-20)28-22-11-7-10-21(17-22)24(32)33/h4-11,17H,2-3,12-16,18-19H2,1H3,(H,26,31)(H,27,28)(H,32,33). The number of amides is 1. The normalized spacial score (nSPS) is 14.7. The van der Waals surface area contributed by atoms with E-state index in [2.05, 4.69) is 27.4 Å². The highest BCUT2D eigenvalue weighted by atomic mass is 16.4. The summed E-state index contributed by atoms with van der Waals surface area (Å²) in [4.78, 5) is 32.6. The lowest BCUT2D eigenvalue weighted by atomic mass is 10.2. The predicted molar refractivity (Wildman–Crippen MR) is 131 cm³/mol. The summed E-state index contributed by atoms with van der Waals surface area (Å²) in [5.41, 5.74) is 2.00. The molecule has 176 valence electrons. The number of hydrogen-bond donors (Lipinski definition) is 3. The number of carbonyl (C=O) groups excluding carboxylic acids is 1. The van der Waals surface area contributed by atoms with Crippen LogP contribution in [-0.4, -0.2) is 72.0 Å². The van der Waals surface area contributed by atoms with Gasteiger partial charge in [0.1, 0.15) is 0 Å². The van der Waals surface area contributed by atoms with Gasteiger partial charge in [-0.3, -0.25) is 9.69 Å². The minimum atomic E-state index is -0.966. The molecule has 0 atom stereocenters. The number of anilines is 1. The fourth-order valence-corrected chi connectivity index (χ4v) is 3.61. The maximum Gasteiger partial charge on any atom is 0.335 e. The largest absolute Gasteiger partial charge is 0.478 e. The molecule has 1 fully saturated rings. The third-order valence-corrected chi connectivity index (χ3v) is 5.51. The maximum atomic E-state index is 12.1. The van der Waals surface area contributed by atoms with E-state index in [-0.39, 0.29) is 11.5 Å². The first-order valence-corrected chi connectivity index (χ1v) is 11.5. The van der Waals surface area contributed by atoms with Crippen LogP contribution in [0.1, 0.15) is 35.7 Å². The average molecular weight is 452 g/mol. The lowest BCUT2D eigenvalue weighted by molar-refractivity contribution is -0.122. The Morgan fingerprint density at radius 3 is 2.48 bits per heavy atom. The van der Waals surface area contributed by atoms with Gasteiger partial charge in [-0.15, -0.1) is 0 Å². The molecular weight excluding hydrogens is 418 g/mol. The lowest BCUT2D eigenvalue weighted by Crippen LogP contribution is -2.52. The van der Waals surface area contributed by atoms with Gasteiger partial charge in [0.25, 0.3) is 0 Å². The van der Waals surface area contributed by atoms with Crippen LogP contribution < -0.4 is 10.6 Å². The van der Waals surface area contributed by atoms with E-state index < -0.39 is 5.97 Å². The quantitative estimate of drug-likeness (QED) is 0.308. The van der Waals surface area contributed by atoms with Crippen molar-refractivity contribution in [1.82, 2.24) is 15.1 Å². The fourth-order valence-electron chi connectivity index (χ4n) is 3.61. The van der Waals surface area contributed by atoms with Crippen LogP contribution in [0.25, 0.3) is 0 Å². The second-order valence-electron chi connectivity index (χ2n) is 8.10. The Kier molecular flexibility index (Phi) is 9.26. The molecule has 1 aliphatic heterocycles. The Morgan fingerprint density at radius 1 is 1.03 bits per heavy atom. The second kappa shape index (κ2) is 12.6. The number of unbranched alkanes of at least 4 members (excludes halogenated alkanes) is 1. The van der Waals surface area contributed by atoms with Gasteiger partial charge in [-0.1, -0.05) is 49.7 Å². The van der Waals surface area contributed by atoms with Gasteiger partial charge < -0.3 is 20.6 Å². The van der Waals surface area contributed by atoms with Gasteiger partial charge >= 0.3 is 5.97 Å². The molecule has 0 bridgehead atoms. The van der Waals surface area contributed by atoms with Gasteiger partial charge in [-0.05, 0) is 30.2 Å².